The lowest BCUT2D eigenvalue weighted by Gasteiger charge is -2.34. The monoisotopic (exact) mass is 339 g/mol. The van der Waals surface area contributed by atoms with Crippen molar-refractivity contribution in [2.45, 2.75) is 50.7 Å². The van der Waals surface area contributed by atoms with E-state index < -0.39 is 0 Å². The zero-order valence-electron chi connectivity index (χ0n) is 14.7. The highest BCUT2D eigenvalue weighted by Crippen LogP contribution is 2.33. The van der Waals surface area contributed by atoms with Crippen LogP contribution < -0.4 is 5.32 Å². The first kappa shape index (κ1) is 16.3. The van der Waals surface area contributed by atoms with Crippen molar-refractivity contribution < 1.29 is 4.79 Å². The quantitative estimate of drug-likeness (QED) is 0.921. The second kappa shape index (κ2) is 6.96. The van der Waals surface area contributed by atoms with Crippen molar-refractivity contribution in [2.75, 3.05) is 13.6 Å². The molecule has 2 atom stereocenters. The van der Waals surface area contributed by atoms with Crippen LogP contribution in [0.25, 0.3) is 0 Å². The number of benzene rings is 1. The molecule has 1 aromatic carbocycles. The van der Waals surface area contributed by atoms with Gasteiger partial charge >= 0.3 is 0 Å². The molecule has 0 bridgehead atoms. The molecule has 132 valence electrons. The van der Waals surface area contributed by atoms with E-state index in [-0.39, 0.29) is 18.0 Å². The van der Waals surface area contributed by atoms with Crippen LogP contribution in [0.3, 0.4) is 0 Å². The van der Waals surface area contributed by atoms with Gasteiger partial charge in [-0.05, 0) is 36.8 Å². The van der Waals surface area contributed by atoms with E-state index in [9.17, 15) is 4.79 Å². The number of nitrogens with one attached hydrogen (secondary N) is 1. The van der Waals surface area contributed by atoms with Crippen LogP contribution in [0.4, 0.5) is 0 Å². The zero-order chi connectivity index (χ0) is 17.2. The number of likely N-dealkylation sites (N-methyl/N-ethyl adjacent to an activating group) is 1. The lowest BCUT2D eigenvalue weighted by atomic mass is 9.87. The Labute approximate surface area is 148 Å². The number of hydrogen-bond acceptors (Lipinski definition) is 4. The van der Waals surface area contributed by atoms with Crippen LogP contribution in [0.15, 0.2) is 30.6 Å². The summed E-state index contributed by atoms with van der Waals surface area (Å²) in [4.78, 5) is 18.9. The summed E-state index contributed by atoms with van der Waals surface area (Å²) in [5.41, 5.74) is 2.70. The largest absolute Gasteiger partial charge is 0.338 e. The number of aryl methyl sites for hydroxylation is 2. The van der Waals surface area contributed by atoms with Gasteiger partial charge in [0, 0.05) is 19.5 Å². The maximum atomic E-state index is 12.7. The van der Waals surface area contributed by atoms with Crippen LogP contribution >= 0.6 is 0 Å². The summed E-state index contributed by atoms with van der Waals surface area (Å²) in [6, 6.07) is 9.01. The van der Waals surface area contributed by atoms with Crippen molar-refractivity contribution in [3.05, 3.63) is 47.5 Å². The molecule has 0 radical (unpaired) electrons. The number of nitrogens with zero attached hydrogens (tertiary/aromatic N) is 4. The first-order chi connectivity index (χ1) is 12.2. The normalized spacial score (nSPS) is 22.1. The van der Waals surface area contributed by atoms with E-state index >= 15 is 0 Å². The van der Waals surface area contributed by atoms with E-state index in [4.69, 9.17) is 0 Å². The molecule has 1 N–H and O–H groups in total. The number of hydrogen-bond donors (Lipinski definition) is 1. The van der Waals surface area contributed by atoms with Gasteiger partial charge < -0.3 is 10.2 Å². The van der Waals surface area contributed by atoms with Gasteiger partial charge in [0.25, 0.3) is 0 Å². The fourth-order valence-electron chi connectivity index (χ4n) is 4.06. The molecule has 1 aliphatic carbocycles. The highest BCUT2D eigenvalue weighted by Gasteiger charge is 2.27. The van der Waals surface area contributed by atoms with Gasteiger partial charge in [-0.25, -0.2) is 9.67 Å². The van der Waals surface area contributed by atoms with Crippen molar-refractivity contribution in [2.24, 2.45) is 0 Å². The van der Waals surface area contributed by atoms with Crippen molar-refractivity contribution in [3.8, 4) is 0 Å². The lowest BCUT2D eigenvalue weighted by molar-refractivity contribution is -0.131. The minimum absolute atomic E-state index is 0.158. The van der Waals surface area contributed by atoms with Gasteiger partial charge in [-0.2, -0.15) is 5.10 Å². The second-order valence-corrected chi connectivity index (χ2v) is 7.09. The molecular formula is C19H25N5O. The number of amides is 1. The average molecular weight is 339 g/mol. The standard InChI is InChI=1S/C19H25N5O/c1-23(17-8-4-6-14-5-2-3-7-16(14)17)19(25)11-20-15-9-10-18-21-13-22-24(18)12-15/h2-3,5,7,13,15,17,20H,4,6,8-12H2,1H3. The number of rotatable bonds is 4. The van der Waals surface area contributed by atoms with Crippen LogP contribution in [0.2, 0.25) is 0 Å². The van der Waals surface area contributed by atoms with E-state index in [0.29, 0.717) is 6.54 Å². The van der Waals surface area contributed by atoms with Gasteiger partial charge in [-0.15, -0.1) is 0 Å². The number of fused-ring (bicyclic) bond motifs is 2. The van der Waals surface area contributed by atoms with Gasteiger partial charge in [-0.3, -0.25) is 4.79 Å². The minimum atomic E-state index is 0.158. The Balaban J connectivity index is 1.36. The predicted molar refractivity (Wildman–Crippen MR) is 95.0 cm³/mol. The number of aromatic nitrogens is 3. The lowest BCUT2D eigenvalue weighted by Crippen LogP contribution is -2.45. The Morgan fingerprint density at radius 2 is 2.20 bits per heavy atom. The maximum Gasteiger partial charge on any atom is 0.236 e. The molecular weight excluding hydrogens is 314 g/mol. The Kier molecular flexibility index (Phi) is 4.53. The Bertz CT molecular complexity index is 756. The van der Waals surface area contributed by atoms with Crippen LogP contribution in [0, 0.1) is 0 Å². The number of carbonyl (C=O) groups excluding carboxylic acids is 1. The smallest absolute Gasteiger partial charge is 0.236 e. The molecule has 1 aromatic heterocycles. The van der Waals surface area contributed by atoms with Gasteiger partial charge in [0.05, 0.1) is 19.1 Å². The van der Waals surface area contributed by atoms with Gasteiger partial charge in [-0.1, -0.05) is 24.3 Å². The molecule has 0 fully saturated rings. The SMILES string of the molecule is CN(C(=O)CNC1CCc2ncnn2C1)C1CCCc2ccccc21. The summed E-state index contributed by atoms with van der Waals surface area (Å²) >= 11 is 0. The molecule has 6 nitrogen and oxygen atoms in total. The minimum Gasteiger partial charge on any atom is -0.338 e. The molecule has 0 saturated carbocycles. The molecule has 4 rings (SSSR count). The molecule has 6 heteroatoms. The van der Waals surface area contributed by atoms with E-state index in [1.54, 1.807) is 6.33 Å². The molecule has 0 saturated heterocycles. The maximum absolute atomic E-state index is 12.7. The van der Waals surface area contributed by atoms with Crippen molar-refractivity contribution >= 4 is 5.91 Å². The zero-order valence-corrected chi connectivity index (χ0v) is 14.7. The molecule has 2 unspecified atom stereocenters. The third-order valence-electron chi connectivity index (χ3n) is 5.55. The fourth-order valence-corrected chi connectivity index (χ4v) is 4.06. The fraction of sp³-hybridized carbons (Fsp3) is 0.526. The number of carbonyl (C=O) groups is 1. The summed E-state index contributed by atoms with van der Waals surface area (Å²) < 4.78 is 1.94. The van der Waals surface area contributed by atoms with E-state index in [1.807, 2.05) is 16.6 Å². The van der Waals surface area contributed by atoms with Crippen molar-refractivity contribution in [1.82, 2.24) is 25.0 Å². The van der Waals surface area contributed by atoms with Gasteiger partial charge in [0.1, 0.15) is 12.2 Å². The van der Waals surface area contributed by atoms with Crippen LogP contribution in [0.5, 0.6) is 0 Å². The summed E-state index contributed by atoms with van der Waals surface area (Å²) in [6.45, 7) is 1.17. The van der Waals surface area contributed by atoms with Crippen molar-refractivity contribution in [3.63, 3.8) is 0 Å². The third-order valence-corrected chi connectivity index (χ3v) is 5.55. The van der Waals surface area contributed by atoms with Crippen LogP contribution in [-0.2, 0) is 24.2 Å². The first-order valence-corrected chi connectivity index (χ1v) is 9.16. The molecule has 2 heterocycles. The van der Waals surface area contributed by atoms with Crippen LogP contribution in [-0.4, -0.2) is 45.2 Å². The molecule has 1 amide bonds. The van der Waals surface area contributed by atoms with Gasteiger partial charge in [0.15, 0.2) is 0 Å². The first-order valence-electron chi connectivity index (χ1n) is 9.16. The Morgan fingerprint density at radius 1 is 1.32 bits per heavy atom. The molecule has 25 heavy (non-hydrogen) atoms. The molecule has 1 aliphatic heterocycles. The summed E-state index contributed by atoms with van der Waals surface area (Å²) in [5.74, 6) is 1.20. The molecule has 0 spiro atoms. The molecule has 2 aliphatic rings. The third kappa shape index (κ3) is 3.31. The highest BCUT2D eigenvalue weighted by molar-refractivity contribution is 5.78. The highest BCUT2D eigenvalue weighted by atomic mass is 16.2. The van der Waals surface area contributed by atoms with E-state index in [0.717, 1.165) is 44.5 Å². The Hall–Kier alpha value is -2.21. The summed E-state index contributed by atoms with van der Waals surface area (Å²) in [5, 5.41) is 7.65. The van der Waals surface area contributed by atoms with E-state index in [1.165, 1.54) is 11.1 Å². The Morgan fingerprint density at radius 3 is 3.12 bits per heavy atom. The van der Waals surface area contributed by atoms with Crippen LogP contribution in [0.1, 0.15) is 42.3 Å². The second-order valence-electron chi connectivity index (χ2n) is 7.09. The van der Waals surface area contributed by atoms with Gasteiger partial charge in [0.2, 0.25) is 5.91 Å². The average Bonchev–Trinajstić information content (AvgIpc) is 3.13. The van der Waals surface area contributed by atoms with E-state index in [2.05, 4.69) is 39.7 Å². The topological polar surface area (TPSA) is 63.1 Å². The molecule has 2 aromatic rings. The summed E-state index contributed by atoms with van der Waals surface area (Å²) in [6.07, 6.45) is 6.83. The predicted octanol–water partition coefficient (Wildman–Crippen LogP) is 1.72. The summed E-state index contributed by atoms with van der Waals surface area (Å²) in [7, 11) is 1.94. The van der Waals surface area contributed by atoms with Crippen molar-refractivity contribution in [1.29, 1.82) is 0 Å².